The fraction of sp³-hybridized carbons (Fsp3) is 0.538. The van der Waals surface area contributed by atoms with Crippen molar-refractivity contribution in [1.29, 1.82) is 0 Å². The first-order valence-electron chi connectivity index (χ1n) is 11.3. The van der Waals surface area contributed by atoms with Gasteiger partial charge in [-0.2, -0.15) is 0 Å². The van der Waals surface area contributed by atoms with Gasteiger partial charge in [0.2, 0.25) is 0 Å². The summed E-state index contributed by atoms with van der Waals surface area (Å²) >= 11 is 0. The van der Waals surface area contributed by atoms with Crippen LogP contribution in [0.25, 0.3) is 0 Å². The van der Waals surface area contributed by atoms with Crippen LogP contribution in [0.2, 0.25) is 0 Å². The Labute approximate surface area is 177 Å². The lowest BCUT2D eigenvalue weighted by atomic mass is 9.99. The molecule has 1 atom stereocenters. The Kier molecular flexibility index (Phi) is 11.3. The van der Waals surface area contributed by atoms with Crippen molar-refractivity contribution < 1.29 is 9.47 Å². The van der Waals surface area contributed by atoms with Crippen LogP contribution in [0.5, 0.6) is 11.5 Å². The second kappa shape index (κ2) is 14.1. The van der Waals surface area contributed by atoms with E-state index in [1.165, 1.54) is 49.7 Å². The normalized spacial score (nSPS) is 12.0. The minimum absolute atomic E-state index is 0.525. The third-order valence-electron chi connectivity index (χ3n) is 5.29. The van der Waals surface area contributed by atoms with Crippen molar-refractivity contribution in [2.75, 3.05) is 20.3 Å². The molecule has 2 aromatic rings. The molecule has 0 aliphatic heterocycles. The summed E-state index contributed by atoms with van der Waals surface area (Å²) in [6.07, 6.45) is 9.58. The number of benzene rings is 2. The smallest absolute Gasteiger partial charge is 0.161 e. The van der Waals surface area contributed by atoms with E-state index in [4.69, 9.17) is 9.47 Å². The fourth-order valence-corrected chi connectivity index (χ4v) is 3.61. The van der Waals surface area contributed by atoms with E-state index >= 15 is 0 Å². The van der Waals surface area contributed by atoms with E-state index in [0.29, 0.717) is 12.6 Å². The van der Waals surface area contributed by atoms with Crippen molar-refractivity contribution in [3.63, 3.8) is 0 Å². The van der Waals surface area contributed by atoms with Crippen LogP contribution in [-0.4, -0.2) is 26.3 Å². The van der Waals surface area contributed by atoms with E-state index < -0.39 is 0 Å². The van der Waals surface area contributed by atoms with Crippen LogP contribution in [0, 0.1) is 0 Å². The van der Waals surface area contributed by atoms with Crippen LogP contribution in [0.1, 0.15) is 63.5 Å². The lowest BCUT2D eigenvalue weighted by Crippen LogP contribution is -2.31. The average molecular weight is 398 g/mol. The number of unbranched alkanes of at least 4 members (excludes halogenated alkanes) is 3. The van der Waals surface area contributed by atoms with Crippen LogP contribution >= 0.6 is 0 Å². The van der Waals surface area contributed by atoms with Crippen molar-refractivity contribution in [2.24, 2.45) is 0 Å². The maximum atomic E-state index is 6.10. The van der Waals surface area contributed by atoms with Crippen LogP contribution < -0.4 is 14.8 Å². The molecule has 0 unspecified atom stereocenters. The molecule has 0 amide bonds. The number of ether oxygens (including phenoxy) is 2. The first-order chi connectivity index (χ1) is 14.3. The average Bonchev–Trinajstić information content (AvgIpc) is 2.76. The highest BCUT2D eigenvalue weighted by Gasteiger charge is 2.12. The van der Waals surface area contributed by atoms with Crippen molar-refractivity contribution in [1.82, 2.24) is 5.32 Å². The Morgan fingerprint density at radius 1 is 0.862 bits per heavy atom. The molecule has 0 saturated heterocycles. The predicted molar refractivity (Wildman–Crippen MR) is 123 cm³/mol. The standard InChI is InChI=1S/C26H39NO2/c1-4-6-7-11-14-24(27-18-5-2)20-23-15-16-25(28-3)26(21-23)29-19-17-22-12-9-8-10-13-22/h8-10,12-13,15-16,21,24,27H,4-7,11,14,17-20H2,1-3H3/t24-/m0/s1. The molecule has 2 aromatic carbocycles. The van der Waals surface area contributed by atoms with Gasteiger partial charge in [0, 0.05) is 12.5 Å². The van der Waals surface area contributed by atoms with Gasteiger partial charge in [-0.05, 0) is 49.1 Å². The van der Waals surface area contributed by atoms with Crippen LogP contribution in [0.3, 0.4) is 0 Å². The number of methoxy groups -OCH3 is 1. The van der Waals surface area contributed by atoms with Crippen molar-refractivity contribution in [3.8, 4) is 11.5 Å². The monoisotopic (exact) mass is 397 g/mol. The summed E-state index contributed by atoms with van der Waals surface area (Å²) in [5.74, 6) is 1.66. The molecule has 0 bridgehead atoms. The summed E-state index contributed by atoms with van der Waals surface area (Å²) in [6, 6.07) is 17.4. The van der Waals surface area contributed by atoms with E-state index in [-0.39, 0.29) is 0 Å². The summed E-state index contributed by atoms with van der Waals surface area (Å²) in [5, 5.41) is 3.74. The Bertz CT molecular complexity index is 672. The van der Waals surface area contributed by atoms with E-state index in [1.54, 1.807) is 7.11 Å². The van der Waals surface area contributed by atoms with Crippen molar-refractivity contribution in [3.05, 3.63) is 59.7 Å². The van der Waals surface area contributed by atoms with Crippen molar-refractivity contribution in [2.45, 2.75) is 71.3 Å². The van der Waals surface area contributed by atoms with E-state index in [2.05, 4.69) is 55.6 Å². The molecule has 29 heavy (non-hydrogen) atoms. The highest BCUT2D eigenvalue weighted by Crippen LogP contribution is 2.29. The van der Waals surface area contributed by atoms with Gasteiger partial charge in [-0.3, -0.25) is 0 Å². The van der Waals surface area contributed by atoms with Gasteiger partial charge in [0.25, 0.3) is 0 Å². The summed E-state index contributed by atoms with van der Waals surface area (Å²) < 4.78 is 11.6. The molecule has 0 fully saturated rings. The molecule has 0 aliphatic carbocycles. The van der Waals surface area contributed by atoms with E-state index in [1.807, 2.05) is 12.1 Å². The molecule has 1 N–H and O–H groups in total. The van der Waals surface area contributed by atoms with E-state index in [9.17, 15) is 0 Å². The molecule has 0 saturated carbocycles. The first-order valence-corrected chi connectivity index (χ1v) is 11.3. The minimum atomic E-state index is 0.525. The maximum absolute atomic E-state index is 6.10. The predicted octanol–water partition coefficient (Wildman–Crippen LogP) is 6.20. The lowest BCUT2D eigenvalue weighted by molar-refractivity contribution is 0.297. The third-order valence-corrected chi connectivity index (χ3v) is 5.29. The van der Waals surface area contributed by atoms with Crippen LogP contribution in [0.15, 0.2) is 48.5 Å². The molecule has 3 nitrogen and oxygen atoms in total. The first kappa shape index (κ1) is 23.3. The van der Waals surface area contributed by atoms with Crippen LogP contribution in [-0.2, 0) is 12.8 Å². The SMILES string of the molecule is CCCCCC[C@@H](Cc1ccc(OC)c(OCCc2ccccc2)c1)NCCC. The Hall–Kier alpha value is -2.00. The summed E-state index contributed by atoms with van der Waals surface area (Å²) in [4.78, 5) is 0. The van der Waals surface area contributed by atoms with Gasteiger partial charge in [-0.15, -0.1) is 0 Å². The zero-order valence-electron chi connectivity index (χ0n) is 18.6. The summed E-state index contributed by atoms with van der Waals surface area (Å²) in [5.41, 5.74) is 2.60. The Balaban J connectivity index is 1.96. The number of rotatable bonds is 15. The molecule has 2 rings (SSSR count). The zero-order chi connectivity index (χ0) is 20.7. The highest BCUT2D eigenvalue weighted by atomic mass is 16.5. The molecule has 0 aromatic heterocycles. The second-order valence-electron chi connectivity index (χ2n) is 7.77. The van der Waals surface area contributed by atoms with Gasteiger partial charge in [0.05, 0.1) is 13.7 Å². The zero-order valence-corrected chi connectivity index (χ0v) is 18.6. The summed E-state index contributed by atoms with van der Waals surface area (Å²) in [6.45, 7) is 6.23. The molecular formula is C26H39NO2. The quantitative estimate of drug-likeness (QED) is 0.363. The molecule has 0 heterocycles. The van der Waals surface area contributed by atoms with Gasteiger partial charge in [0.1, 0.15) is 0 Å². The topological polar surface area (TPSA) is 30.5 Å². The van der Waals surface area contributed by atoms with Crippen molar-refractivity contribution >= 4 is 0 Å². The molecule has 0 spiro atoms. The largest absolute Gasteiger partial charge is 0.493 e. The minimum Gasteiger partial charge on any atom is -0.493 e. The van der Waals surface area contributed by atoms with Gasteiger partial charge >= 0.3 is 0 Å². The molecule has 3 heteroatoms. The number of nitrogens with one attached hydrogen (secondary N) is 1. The number of hydrogen-bond donors (Lipinski definition) is 1. The van der Waals surface area contributed by atoms with Crippen LogP contribution in [0.4, 0.5) is 0 Å². The number of hydrogen-bond acceptors (Lipinski definition) is 3. The molecule has 0 aliphatic rings. The molecular weight excluding hydrogens is 358 g/mol. The highest BCUT2D eigenvalue weighted by molar-refractivity contribution is 5.43. The second-order valence-corrected chi connectivity index (χ2v) is 7.77. The fourth-order valence-electron chi connectivity index (χ4n) is 3.61. The lowest BCUT2D eigenvalue weighted by Gasteiger charge is -2.20. The summed E-state index contributed by atoms with van der Waals surface area (Å²) in [7, 11) is 1.71. The van der Waals surface area contributed by atoms with Gasteiger partial charge in [-0.25, -0.2) is 0 Å². The molecule has 160 valence electrons. The van der Waals surface area contributed by atoms with Gasteiger partial charge in [-0.1, -0.05) is 75.9 Å². The van der Waals surface area contributed by atoms with Gasteiger partial charge < -0.3 is 14.8 Å². The van der Waals surface area contributed by atoms with Gasteiger partial charge in [0.15, 0.2) is 11.5 Å². The van der Waals surface area contributed by atoms with E-state index in [0.717, 1.165) is 30.9 Å². The third kappa shape index (κ3) is 8.91. The Morgan fingerprint density at radius 2 is 1.69 bits per heavy atom. The Morgan fingerprint density at radius 3 is 2.41 bits per heavy atom. The molecule has 0 radical (unpaired) electrons. The maximum Gasteiger partial charge on any atom is 0.161 e.